The molecule has 1 aliphatic rings. The zero-order valence-electron chi connectivity index (χ0n) is 12.2. The molecule has 0 radical (unpaired) electrons. The van der Waals surface area contributed by atoms with Crippen LogP contribution < -0.4 is 5.32 Å². The summed E-state index contributed by atoms with van der Waals surface area (Å²) in [6, 6.07) is 7.82. The van der Waals surface area contributed by atoms with Gasteiger partial charge in [-0.05, 0) is 43.6 Å². The van der Waals surface area contributed by atoms with E-state index in [-0.39, 0.29) is 18.3 Å². The third-order valence-electron chi connectivity index (χ3n) is 3.51. The molecule has 1 saturated heterocycles. The zero-order chi connectivity index (χ0) is 14.4. The van der Waals surface area contributed by atoms with Gasteiger partial charge in [-0.2, -0.15) is 0 Å². The van der Waals surface area contributed by atoms with E-state index >= 15 is 0 Å². The average molecular weight is 349 g/mol. The first kappa shape index (κ1) is 18.6. The second-order valence-electron chi connectivity index (χ2n) is 5.17. The Morgan fingerprint density at radius 2 is 2.33 bits per heavy atom. The van der Waals surface area contributed by atoms with Crippen molar-refractivity contribution in [1.29, 1.82) is 0 Å². The van der Waals surface area contributed by atoms with E-state index < -0.39 is 0 Å². The van der Waals surface area contributed by atoms with Crippen molar-refractivity contribution in [2.75, 3.05) is 32.4 Å². The molecule has 0 aliphatic carbocycles. The molecule has 1 aromatic carbocycles. The smallest absolute Gasteiger partial charge is 0.232 e. The van der Waals surface area contributed by atoms with Crippen LogP contribution in [0.3, 0.4) is 0 Å². The number of thioether (sulfide) groups is 1. The summed E-state index contributed by atoms with van der Waals surface area (Å²) in [7, 11) is 1.96. The summed E-state index contributed by atoms with van der Waals surface area (Å²) >= 11 is 7.60. The lowest BCUT2D eigenvalue weighted by atomic mass is 10.1. The van der Waals surface area contributed by atoms with Crippen molar-refractivity contribution in [2.24, 2.45) is 5.92 Å². The summed E-state index contributed by atoms with van der Waals surface area (Å²) in [5, 5.41) is 3.94. The second kappa shape index (κ2) is 9.57. The second-order valence-corrected chi connectivity index (χ2v) is 6.60. The van der Waals surface area contributed by atoms with Crippen LogP contribution in [0.5, 0.6) is 0 Å². The highest BCUT2D eigenvalue weighted by Crippen LogP contribution is 2.19. The predicted octanol–water partition coefficient (Wildman–Crippen LogP) is 3.06. The summed E-state index contributed by atoms with van der Waals surface area (Å²) in [5.74, 6) is 2.26. The van der Waals surface area contributed by atoms with Crippen molar-refractivity contribution in [1.82, 2.24) is 10.2 Å². The normalized spacial score (nSPS) is 17.6. The lowest BCUT2D eigenvalue weighted by molar-refractivity contribution is -0.127. The maximum absolute atomic E-state index is 12.1. The molecule has 0 bridgehead atoms. The molecular weight excluding hydrogens is 327 g/mol. The quantitative estimate of drug-likeness (QED) is 0.857. The molecule has 1 fully saturated rings. The van der Waals surface area contributed by atoms with E-state index in [4.69, 9.17) is 11.6 Å². The molecule has 1 heterocycles. The summed E-state index contributed by atoms with van der Waals surface area (Å²) in [4.78, 5) is 14.1. The van der Waals surface area contributed by atoms with Gasteiger partial charge < -0.3 is 10.2 Å². The molecule has 21 heavy (non-hydrogen) atoms. The Bertz CT molecular complexity index is 459. The molecular formula is C15H22Cl2N2OS. The van der Waals surface area contributed by atoms with Gasteiger partial charge in [0.05, 0.1) is 5.75 Å². The van der Waals surface area contributed by atoms with Gasteiger partial charge in [0, 0.05) is 23.9 Å². The van der Waals surface area contributed by atoms with Crippen LogP contribution in [0, 0.1) is 5.92 Å². The first-order chi connectivity index (χ1) is 9.69. The highest BCUT2D eigenvalue weighted by Gasteiger charge is 2.25. The fraction of sp³-hybridized carbons (Fsp3) is 0.533. The van der Waals surface area contributed by atoms with E-state index in [1.165, 1.54) is 5.56 Å². The Morgan fingerprint density at radius 3 is 3.05 bits per heavy atom. The number of carbonyl (C=O) groups is 1. The minimum Gasteiger partial charge on any atom is -0.342 e. The van der Waals surface area contributed by atoms with E-state index in [0.29, 0.717) is 11.7 Å². The zero-order valence-corrected chi connectivity index (χ0v) is 14.6. The Labute approximate surface area is 142 Å². The predicted molar refractivity (Wildman–Crippen MR) is 93.5 cm³/mol. The number of carbonyl (C=O) groups excluding carboxylic acids is 1. The van der Waals surface area contributed by atoms with E-state index in [1.807, 2.05) is 36.2 Å². The minimum absolute atomic E-state index is 0. The van der Waals surface area contributed by atoms with Crippen LogP contribution in [0.25, 0.3) is 0 Å². The number of hydrogen-bond acceptors (Lipinski definition) is 3. The lowest BCUT2D eigenvalue weighted by Crippen LogP contribution is -2.31. The molecule has 1 unspecified atom stereocenters. The van der Waals surface area contributed by atoms with Crippen LogP contribution in [0.4, 0.5) is 0 Å². The van der Waals surface area contributed by atoms with Crippen LogP contribution in [-0.4, -0.2) is 43.2 Å². The number of hydrogen-bond donors (Lipinski definition) is 1. The molecule has 1 N–H and O–H groups in total. The van der Waals surface area contributed by atoms with Crippen LogP contribution in [0.1, 0.15) is 12.0 Å². The van der Waals surface area contributed by atoms with Crippen molar-refractivity contribution < 1.29 is 4.79 Å². The monoisotopic (exact) mass is 348 g/mol. The Morgan fingerprint density at radius 1 is 1.52 bits per heavy atom. The molecule has 3 nitrogen and oxygen atoms in total. The van der Waals surface area contributed by atoms with Gasteiger partial charge in [0.25, 0.3) is 0 Å². The highest BCUT2D eigenvalue weighted by atomic mass is 35.5. The molecule has 1 amide bonds. The largest absolute Gasteiger partial charge is 0.342 e. The Balaban J connectivity index is 0.00000220. The number of amides is 1. The highest BCUT2D eigenvalue weighted by molar-refractivity contribution is 7.99. The Hall–Kier alpha value is -0.420. The van der Waals surface area contributed by atoms with Crippen LogP contribution in [-0.2, 0) is 10.5 Å². The average Bonchev–Trinajstić information content (AvgIpc) is 2.88. The molecule has 1 aromatic rings. The van der Waals surface area contributed by atoms with Crippen molar-refractivity contribution in [2.45, 2.75) is 12.2 Å². The van der Waals surface area contributed by atoms with E-state index in [9.17, 15) is 4.79 Å². The maximum Gasteiger partial charge on any atom is 0.232 e. The third kappa shape index (κ3) is 6.07. The molecule has 1 atom stereocenters. The lowest BCUT2D eigenvalue weighted by Gasteiger charge is -2.16. The number of rotatable bonds is 6. The standard InChI is InChI=1S/C15H21ClN2OS.ClH/c1-17-8-13-5-6-18(9-13)15(19)11-20-10-12-3-2-4-14(16)7-12;/h2-4,7,13,17H,5-6,8-11H2,1H3;1H. The van der Waals surface area contributed by atoms with Crippen molar-refractivity contribution >= 4 is 41.7 Å². The molecule has 2 rings (SSSR count). The van der Waals surface area contributed by atoms with Crippen molar-refractivity contribution in [3.05, 3.63) is 34.9 Å². The van der Waals surface area contributed by atoms with E-state index in [2.05, 4.69) is 5.32 Å². The molecule has 118 valence electrons. The number of nitrogens with one attached hydrogen (secondary N) is 1. The van der Waals surface area contributed by atoms with Crippen LogP contribution in [0.15, 0.2) is 24.3 Å². The van der Waals surface area contributed by atoms with Gasteiger partial charge in [-0.25, -0.2) is 0 Å². The third-order valence-corrected chi connectivity index (χ3v) is 4.74. The fourth-order valence-corrected chi connectivity index (χ4v) is 3.58. The van der Waals surface area contributed by atoms with Gasteiger partial charge in [0.1, 0.15) is 0 Å². The van der Waals surface area contributed by atoms with Gasteiger partial charge in [0.2, 0.25) is 5.91 Å². The topological polar surface area (TPSA) is 32.3 Å². The van der Waals surface area contributed by atoms with Crippen LogP contribution in [0.2, 0.25) is 5.02 Å². The molecule has 1 aliphatic heterocycles. The van der Waals surface area contributed by atoms with E-state index in [1.54, 1.807) is 11.8 Å². The summed E-state index contributed by atoms with van der Waals surface area (Å²) in [6.45, 7) is 2.81. The SMILES string of the molecule is CNCC1CCN(C(=O)CSCc2cccc(Cl)c2)C1.Cl. The minimum atomic E-state index is 0. The maximum atomic E-state index is 12.1. The summed E-state index contributed by atoms with van der Waals surface area (Å²) in [5.41, 5.74) is 1.17. The van der Waals surface area contributed by atoms with Gasteiger partial charge in [0.15, 0.2) is 0 Å². The number of nitrogens with zero attached hydrogens (tertiary/aromatic N) is 1. The first-order valence-electron chi connectivity index (χ1n) is 6.93. The summed E-state index contributed by atoms with van der Waals surface area (Å²) < 4.78 is 0. The number of benzene rings is 1. The first-order valence-corrected chi connectivity index (χ1v) is 8.47. The van der Waals surface area contributed by atoms with E-state index in [0.717, 1.165) is 36.8 Å². The van der Waals surface area contributed by atoms with Crippen molar-refractivity contribution in [3.8, 4) is 0 Å². The van der Waals surface area contributed by atoms with Gasteiger partial charge >= 0.3 is 0 Å². The number of halogens is 2. The molecule has 0 aromatic heterocycles. The fourth-order valence-electron chi connectivity index (χ4n) is 2.49. The van der Waals surface area contributed by atoms with Gasteiger partial charge in [-0.15, -0.1) is 24.2 Å². The summed E-state index contributed by atoms with van der Waals surface area (Å²) in [6.07, 6.45) is 1.12. The number of likely N-dealkylation sites (tertiary alicyclic amines) is 1. The molecule has 6 heteroatoms. The van der Waals surface area contributed by atoms with Gasteiger partial charge in [-0.3, -0.25) is 4.79 Å². The van der Waals surface area contributed by atoms with Crippen molar-refractivity contribution in [3.63, 3.8) is 0 Å². The molecule has 0 spiro atoms. The van der Waals surface area contributed by atoms with Gasteiger partial charge in [-0.1, -0.05) is 23.7 Å². The van der Waals surface area contributed by atoms with Crippen LogP contribution >= 0.6 is 35.8 Å². The molecule has 0 saturated carbocycles. The Kier molecular flexibility index (Phi) is 8.49.